The summed E-state index contributed by atoms with van der Waals surface area (Å²) in [6.45, 7) is 1.14. The lowest BCUT2D eigenvalue weighted by molar-refractivity contribution is -0.203. The van der Waals surface area contributed by atoms with Gasteiger partial charge in [-0.25, -0.2) is 4.39 Å². The Labute approximate surface area is 91.3 Å². The quantitative estimate of drug-likeness (QED) is 0.697. The monoisotopic (exact) mass is 226 g/mol. The number of Topliss-reactive ketones (excluding diaryl/α,β-unsaturated/α-hetero) is 1. The molecule has 86 valence electrons. The average Bonchev–Trinajstić information content (AvgIpc) is 2.17. The number of hydrogen-bond donors (Lipinski definition) is 2. The van der Waals surface area contributed by atoms with Gasteiger partial charge < -0.3 is 14.9 Å². The third-order valence-corrected chi connectivity index (χ3v) is 2.49. The molecule has 0 bridgehead atoms. The summed E-state index contributed by atoms with van der Waals surface area (Å²) < 4.78 is 18.1. The summed E-state index contributed by atoms with van der Waals surface area (Å²) in [5.74, 6) is -2.80. The normalized spacial score (nSPS) is 20.2. The van der Waals surface area contributed by atoms with E-state index in [0.717, 1.165) is 19.1 Å². The van der Waals surface area contributed by atoms with E-state index in [9.17, 15) is 19.4 Å². The molecule has 1 heterocycles. The molecule has 2 N–H and O–H groups in total. The van der Waals surface area contributed by atoms with Gasteiger partial charge in [-0.05, 0) is 25.1 Å². The van der Waals surface area contributed by atoms with E-state index in [0.29, 0.717) is 0 Å². The van der Waals surface area contributed by atoms with E-state index in [4.69, 9.17) is 4.74 Å². The third kappa shape index (κ3) is 1.91. The van der Waals surface area contributed by atoms with Gasteiger partial charge in [-0.15, -0.1) is 0 Å². The van der Waals surface area contributed by atoms with E-state index in [2.05, 4.69) is 0 Å². The van der Waals surface area contributed by atoms with Crippen LogP contribution < -0.4 is 4.74 Å². The van der Waals surface area contributed by atoms with Gasteiger partial charge in [0.2, 0.25) is 0 Å². The molecule has 1 aliphatic rings. The zero-order valence-electron chi connectivity index (χ0n) is 8.61. The predicted molar refractivity (Wildman–Crippen MR) is 52.6 cm³/mol. The van der Waals surface area contributed by atoms with E-state index in [1.54, 1.807) is 0 Å². The van der Waals surface area contributed by atoms with Crippen molar-refractivity contribution in [3.8, 4) is 5.75 Å². The summed E-state index contributed by atoms with van der Waals surface area (Å²) in [6, 6.07) is 3.54. The highest BCUT2D eigenvalue weighted by atomic mass is 19.1. The smallest absolute Gasteiger partial charge is 0.198 e. The first-order valence-electron chi connectivity index (χ1n) is 4.82. The van der Waals surface area contributed by atoms with Crippen LogP contribution in [0.25, 0.3) is 0 Å². The van der Waals surface area contributed by atoms with Crippen LogP contribution >= 0.6 is 0 Å². The van der Waals surface area contributed by atoms with Gasteiger partial charge in [-0.3, -0.25) is 4.79 Å². The Morgan fingerprint density at radius 1 is 1.50 bits per heavy atom. The molecule has 1 aromatic carbocycles. The minimum Gasteiger partial charge on any atom is -0.484 e. The molecule has 0 saturated carbocycles. The number of ether oxygens (including phenoxy) is 1. The number of hydrogen-bond acceptors (Lipinski definition) is 4. The topological polar surface area (TPSA) is 66.8 Å². The summed E-state index contributed by atoms with van der Waals surface area (Å²) in [6.07, 6.45) is -1.21. The number of halogens is 1. The van der Waals surface area contributed by atoms with Gasteiger partial charge in [0, 0.05) is 0 Å². The average molecular weight is 226 g/mol. The number of rotatable bonds is 1. The van der Waals surface area contributed by atoms with E-state index in [1.165, 1.54) is 6.07 Å². The summed E-state index contributed by atoms with van der Waals surface area (Å²) in [7, 11) is 0. The Hall–Kier alpha value is -1.46. The van der Waals surface area contributed by atoms with Crippen LogP contribution in [0.5, 0.6) is 5.75 Å². The van der Waals surface area contributed by atoms with Crippen molar-refractivity contribution in [2.75, 3.05) is 0 Å². The van der Waals surface area contributed by atoms with Crippen LogP contribution in [0.1, 0.15) is 23.7 Å². The molecule has 0 aliphatic carbocycles. The first-order valence-corrected chi connectivity index (χ1v) is 4.82. The van der Waals surface area contributed by atoms with Crippen molar-refractivity contribution in [3.63, 3.8) is 0 Å². The Morgan fingerprint density at radius 3 is 2.81 bits per heavy atom. The van der Waals surface area contributed by atoms with Gasteiger partial charge >= 0.3 is 0 Å². The van der Waals surface area contributed by atoms with Crippen molar-refractivity contribution in [3.05, 3.63) is 29.6 Å². The van der Waals surface area contributed by atoms with E-state index in [-0.39, 0.29) is 23.5 Å². The molecule has 0 amide bonds. The molecule has 1 unspecified atom stereocenters. The van der Waals surface area contributed by atoms with Gasteiger partial charge in [0.1, 0.15) is 11.6 Å². The second-order valence-electron chi connectivity index (χ2n) is 3.97. The summed E-state index contributed by atoms with van der Waals surface area (Å²) in [4.78, 5) is 11.6. The van der Waals surface area contributed by atoms with E-state index < -0.39 is 17.7 Å². The lowest BCUT2D eigenvalue weighted by Crippen LogP contribution is -2.46. The molecule has 0 aromatic heterocycles. The molecule has 1 aromatic rings. The van der Waals surface area contributed by atoms with Crippen LogP contribution in [0.15, 0.2) is 18.2 Å². The fraction of sp³-hybridized carbons (Fsp3) is 0.364. The molecule has 4 nitrogen and oxygen atoms in total. The molecule has 1 aliphatic heterocycles. The number of fused-ring (bicyclic) bond motifs is 1. The van der Waals surface area contributed by atoms with Crippen LogP contribution in [0.2, 0.25) is 0 Å². The predicted octanol–water partition coefficient (Wildman–Crippen LogP) is 0.860. The highest BCUT2D eigenvalue weighted by Crippen LogP contribution is 2.31. The van der Waals surface area contributed by atoms with Gasteiger partial charge in [-0.2, -0.15) is 0 Å². The maximum atomic E-state index is 12.9. The zero-order chi connectivity index (χ0) is 11.9. The van der Waals surface area contributed by atoms with E-state index in [1.807, 2.05) is 0 Å². The summed E-state index contributed by atoms with van der Waals surface area (Å²) in [5.41, 5.74) is 0.139. The maximum absolute atomic E-state index is 12.9. The fourth-order valence-electron chi connectivity index (χ4n) is 1.60. The van der Waals surface area contributed by atoms with Gasteiger partial charge in [0.05, 0.1) is 12.0 Å². The molecule has 1 atom stereocenters. The summed E-state index contributed by atoms with van der Waals surface area (Å²) in [5, 5.41) is 18.7. The number of carbonyl (C=O) groups is 1. The SMILES string of the molecule is CC(O)(O)C1CC(=O)c2cc(F)ccc2O1. The van der Waals surface area contributed by atoms with Gasteiger partial charge in [0.25, 0.3) is 0 Å². The maximum Gasteiger partial charge on any atom is 0.198 e. The number of benzene rings is 1. The molecule has 0 spiro atoms. The van der Waals surface area contributed by atoms with Crippen LogP contribution in [0.3, 0.4) is 0 Å². The molecule has 0 saturated heterocycles. The Kier molecular flexibility index (Phi) is 2.44. The first kappa shape index (κ1) is 11.0. The molecule has 5 heteroatoms. The minimum atomic E-state index is -2.10. The van der Waals surface area contributed by atoms with Crippen molar-refractivity contribution in [2.45, 2.75) is 25.2 Å². The van der Waals surface area contributed by atoms with Crippen molar-refractivity contribution < 1.29 is 24.1 Å². The van der Waals surface area contributed by atoms with Crippen LogP contribution in [-0.2, 0) is 0 Å². The summed E-state index contributed by atoms with van der Waals surface area (Å²) >= 11 is 0. The highest BCUT2D eigenvalue weighted by Gasteiger charge is 2.38. The lowest BCUT2D eigenvalue weighted by atomic mass is 9.97. The van der Waals surface area contributed by atoms with E-state index >= 15 is 0 Å². The van der Waals surface area contributed by atoms with Gasteiger partial charge in [0.15, 0.2) is 17.7 Å². The zero-order valence-corrected chi connectivity index (χ0v) is 8.61. The number of aliphatic hydroxyl groups is 2. The second kappa shape index (κ2) is 3.54. The van der Waals surface area contributed by atoms with Crippen molar-refractivity contribution in [2.24, 2.45) is 0 Å². The van der Waals surface area contributed by atoms with Crippen LogP contribution in [-0.4, -0.2) is 27.9 Å². The van der Waals surface area contributed by atoms with Crippen LogP contribution in [0.4, 0.5) is 4.39 Å². The van der Waals surface area contributed by atoms with Crippen molar-refractivity contribution in [1.29, 1.82) is 0 Å². The standard InChI is InChI=1S/C11H11FO4/c1-11(14,15)10-5-8(13)7-4-6(12)2-3-9(7)16-10/h2-4,10,14-15H,5H2,1H3. The van der Waals surface area contributed by atoms with Crippen molar-refractivity contribution in [1.82, 2.24) is 0 Å². The Morgan fingerprint density at radius 2 is 2.19 bits per heavy atom. The third-order valence-electron chi connectivity index (χ3n) is 2.49. The molecular formula is C11H11FO4. The Balaban J connectivity index is 2.38. The number of carbonyl (C=O) groups excluding carboxylic acids is 1. The Bertz CT molecular complexity index is 436. The fourth-order valence-corrected chi connectivity index (χ4v) is 1.60. The molecule has 0 radical (unpaired) electrons. The molecule has 0 fully saturated rings. The van der Waals surface area contributed by atoms with Gasteiger partial charge in [-0.1, -0.05) is 0 Å². The highest BCUT2D eigenvalue weighted by molar-refractivity contribution is 6.00. The molecule has 2 rings (SSSR count). The second-order valence-corrected chi connectivity index (χ2v) is 3.97. The van der Waals surface area contributed by atoms with Crippen LogP contribution in [0, 0.1) is 5.82 Å². The lowest BCUT2D eigenvalue weighted by Gasteiger charge is -2.31. The first-order chi connectivity index (χ1) is 7.38. The largest absolute Gasteiger partial charge is 0.484 e. The molecule has 16 heavy (non-hydrogen) atoms. The molecular weight excluding hydrogens is 215 g/mol. The number of ketones is 1. The minimum absolute atomic E-state index is 0.139. The van der Waals surface area contributed by atoms with Crippen molar-refractivity contribution >= 4 is 5.78 Å².